The van der Waals surface area contributed by atoms with Crippen molar-refractivity contribution in [2.24, 2.45) is 0 Å². The van der Waals surface area contributed by atoms with Crippen LogP contribution in [0.4, 0.5) is 0 Å². The maximum atomic E-state index is 11.8. The predicted molar refractivity (Wildman–Crippen MR) is 71.7 cm³/mol. The van der Waals surface area contributed by atoms with Gasteiger partial charge >= 0.3 is 0 Å². The van der Waals surface area contributed by atoms with Gasteiger partial charge in [-0.3, -0.25) is 4.79 Å². The first-order valence-electron chi connectivity index (χ1n) is 6.72. The molecule has 0 N–H and O–H groups in total. The number of amides is 1. The summed E-state index contributed by atoms with van der Waals surface area (Å²) in [6.07, 6.45) is 2.47. The summed E-state index contributed by atoms with van der Waals surface area (Å²) < 4.78 is 0. The topological polar surface area (TPSA) is 23.6 Å². The number of carbonyl (C=O) groups excluding carboxylic acids is 1. The van der Waals surface area contributed by atoms with Crippen molar-refractivity contribution in [1.29, 1.82) is 0 Å². The van der Waals surface area contributed by atoms with Crippen molar-refractivity contribution in [2.45, 2.75) is 25.3 Å². The van der Waals surface area contributed by atoms with Gasteiger partial charge in [-0.25, -0.2) is 0 Å². The Balaban J connectivity index is 1.83. The Kier molecular flexibility index (Phi) is 2.86. The molecule has 3 heteroatoms. The molecule has 1 fully saturated rings. The highest BCUT2D eigenvalue weighted by Gasteiger charge is 2.26. The summed E-state index contributed by atoms with van der Waals surface area (Å²) in [7, 11) is 4.06. The number of piperidine rings is 1. The molecule has 0 radical (unpaired) electrons. The molecule has 2 aliphatic heterocycles. The normalized spacial score (nSPS) is 21.4. The summed E-state index contributed by atoms with van der Waals surface area (Å²) in [5.74, 6) is 0.840. The third-order valence-corrected chi connectivity index (χ3v) is 4.30. The van der Waals surface area contributed by atoms with E-state index in [0.717, 1.165) is 12.1 Å². The fourth-order valence-corrected chi connectivity index (χ4v) is 3.08. The van der Waals surface area contributed by atoms with Crippen molar-refractivity contribution in [3.05, 3.63) is 34.9 Å². The standard InChI is InChI=1S/C15H20N2O/c1-16-7-5-11(6-8-16)12-3-4-14-13(9-12)10-17(2)15(14)18/h3-4,9,11H,5-8,10H2,1-2H3. The van der Waals surface area contributed by atoms with Crippen molar-refractivity contribution in [1.82, 2.24) is 9.80 Å². The number of hydrogen-bond acceptors (Lipinski definition) is 2. The van der Waals surface area contributed by atoms with Gasteiger partial charge in [0, 0.05) is 19.2 Å². The fourth-order valence-electron chi connectivity index (χ4n) is 3.08. The first kappa shape index (κ1) is 11.7. The molecule has 0 saturated carbocycles. The maximum Gasteiger partial charge on any atom is 0.254 e. The second kappa shape index (κ2) is 4.39. The van der Waals surface area contributed by atoms with Crippen LogP contribution in [-0.2, 0) is 6.54 Å². The van der Waals surface area contributed by atoms with Crippen LogP contribution >= 0.6 is 0 Å². The smallest absolute Gasteiger partial charge is 0.254 e. The van der Waals surface area contributed by atoms with Crippen LogP contribution in [0.1, 0.15) is 40.2 Å². The van der Waals surface area contributed by atoms with Crippen LogP contribution < -0.4 is 0 Å². The van der Waals surface area contributed by atoms with Gasteiger partial charge in [-0.1, -0.05) is 12.1 Å². The average molecular weight is 244 g/mol. The molecule has 2 aliphatic rings. The lowest BCUT2D eigenvalue weighted by Crippen LogP contribution is -2.29. The van der Waals surface area contributed by atoms with Crippen LogP contribution in [0.15, 0.2) is 18.2 Å². The summed E-state index contributed by atoms with van der Waals surface area (Å²) in [4.78, 5) is 16.0. The van der Waals surface area contributed by atoms with Gasteiger partial charge in [0.25, 0.3) is 5.91 Å². The molecule has 18 heavy (non-hydrogen) atoms. The third-order valence-electron chi connectivity index (χ3n) is 4.30. The van der Waals surface area contributed by atoms with Crippen molar-refractivity contribution < 1.29 is 4.79 Å². The third kappa shape index (κ3) is 1.93. The van der Waals surface area contributed by atoms with Crippen LogP contribution in [0.2, 0.25) is 0 Å². The minimum absolute atomic E-state index is 0.167. The van der Waals surface area contributed by atoms with Crippen LogP contribution in [0.5, 0.6) is 0 Å². The Morgan fingerprint density at radius 3 is 2.61 bits per heavy atom. The van der Waals surface area contributed by atoms with Gasteiger partial charge < -0.3 is 9.80 Å². The Bertz CT molecular complexity index is 475. The molecule has 0 aliphatic carbocycles. The van der Waals surface area contributed by atoms with Crippen LogP contribution in [0.25, 0.3) is 0 Å². The van der Waals surface area contributed by atoms with Gasteiger partial charge in [0.05, 0.1) is 0 Å². The number of benzene rings is 1. The van der Waals surface area contributed by atoms with Crippen molar-refractivity contribution in [3.63, 3.8) is 0 Å². The largest absolute Gasteiger partial charge is 0.337 e. The zero-order valence-corrected chi connectivity index (χ0v) is 11.1. The van der Waals surface area contributed by atoms with E-state index in [1.807, 2.05) is 13.1 Å². The fraction of sp³-hybridized carbons (Fsp3) is 0.533. The van der Waals surface area contributed by atoms with E-state index in [0.29, 0.717) is 5.92 Å². The van der Waals surface area contributed by atoms with Crippen molar-refractivity contribution in [3.8, 4) is 0 Å². The number of nitrogens with zero attached hydrogens (tertiary/aromatic N) is 2. The minimum atomic E-state index is 0.167. The number of carbonyl (C=O) groups is 1. The molecule has 0 aromatic heterocycles. The first-order valence-corrected chi connectivity index (χ1v) is 6.72. The molecule has 0 unspecified atom stereocenters. The molecule has 3 rings (SSSR count). The van der Waals surface area contributed by atoms with Crippen LogP contribution in [-0.4, -0.2) is 42.9 Å². The molecule has 0 bridgehead atoms. The van der Waals surface area contributed by atoms with Gasteiger partial charge in [-0.2, -0.15) is 0 Å². The number of likely N-dealkylation sites (tertiary alicyclic amines) is 1. The van der Waals surface area contributed by atoms with E-state index in [4.69, 9.17) is 0 Å². The van der Waals surface area contributed by atoms with E-state index < -0.39 is 0 Å². The van der Waals surface area contributed by atoms with E-state index in [2.05, 4.69) is 24.1 Å². The molecule has 0 atom stereocenters. The van der Waals surface area contributed by atoms with E-state index in [9.17, 15) is 4.79 Å². The SMILES string of the molecule is CN1CCC(c2ccc3c(c2)CN(C)C3=O)CC1. The zero-order chi connectivity index (χ0) is 12.7. The molecule has 1 aromatic carbocycles. The van der Waals surface area contributed by atoms with E-state index in [1.54, 1.807) is 4.90 Å². The van der Waals surface area contributed by atoms with Gasteiger partial charge in [0.1, 0.15) is 0 Å². The highest BCUT2D eigenvalue weighted by Crippen LogP contribution is 2.31. The highest BCUT2D eigenvalue weighted by molar-refractivity contribution is 5.98. The van der Waals surface area contributed by atoms with Crippen LogP contribution in [0, 0.1) is 0 Å². The van der Waals surface area contributed by atoms with Crippen molar-refractivity contribution >= 4 is 5.91 Å². The number of fused-ring (bicyclic) bond motifs is 1. The highest BCUT2D eigenvalue weighted by atomic mass is 16.2. The summed E-state index contributed by atoms with van der Waals surface area (Å²) in [5.41, 5.74) is 3.53. The number of hydrogen-bond donors (Lipinski definition) is 0. The molecular weight excluding hydrogens is 224 g/mol. The summed E-state index contributed by atoms with van der Waals surface area (Å²) in [6, 6.07) is 6.44. The maximum absolute atomic E-state index is 11.8. The van der Waals surface area contributed by atoms with Crippen LogP contribution in [0.3, 0.4) is 0 Å². The molecular formula is C15H20N2O. The molecule has 0 spiro atoms. The molecule has 3 nitrogen and oxygen atoms in total. The Morgan fingerprint density at radius 2 is 1.89 bits per heavy atom. The second-order valence-electron chi connectivity index (χ2n) is 5.66. The second-order valence-corrected chi connectivity index (χ2v) is 5.66. The zero-order valence-electron chi connectivity index (χ0n) is 11.1. The first-order chi connectivity index (χ1) is 8.65. The molecule has 1 amide bonds. The lowest BCUT2D eigenvalue weighted by molar-refractivity contribution is 0.0816. The van der Waals surface area contributed by atoms with Crippen molar-refractivity contribution in [2.75, 3.05) is 27.2 Å². The average Bonchev–Trinajstić information content (AvgIpc) is 2.65. The quantitative estimate of drug-likeness (QED) is 0.755. The monoisotopic (exact) mass is 244 g/mol. The Hall–Kier alpha value is -1.35. The lowest BCUT2D eigenvalue weighted by atomic mass is 9.88. The minimum Gasteiger partial charge on any atom is -0.337 e. The predicted octanol–water partition coefficient (Wildman–Crippen LogP) is 2.08. The van der Waals surface area contributed by atoms with Gasteiger partial charge in [0.2, 0.25) is 0 Å². The van der Waals surface area contributed by atoms with Gasteiger partial charge in [-0.15, -0.1) is 0 Å². The van der Waals surface area contributed by atoms with E-state index in [1.165, 1.54) is 37.1 Å². The Labute approximate surface area is 108 Å². The Morgan fingerprint density at radius 1 is 1.17 bits per heavy atom. The van der Waals surface area contributed by atoms with E-state index >= 15 is 0 Å². The molecule has 1 saturated heterocycles. The summed E-state index contributed by atoms with van der Waals surface area (Å²) in [5, 5.41) is 0. The molecule has 1 aromatic rings. The van der Waals surface area contributed by atoms with Gasteiger partial charge in [0.15, 0.2) is 0 Å². The number of rotatable bonds is 1. The lowest BCUT2D eigenvalue weighted by Gasteiger charge is -2.29. The summed E-state index contributed by atoms with van der Waals surface area (Å²) in [6.45, 7) is 3.13. The molecule has 96 valence electrons. The van der Waals surface area contributed by atoms with Gasteiger partial charge in [-0.05, 0) is 56.1 Å². The summed E-state index contributed by atoms with van der Waals surface area (Å²) >= 11 is 0. The van der Waals surface area contributed by atoms with E-state index in [-0.39, 0.29) is 5.91 Å². The molecule has 2 heterocycles.